The molecule has 1 fully saturated rings. The van der Waals surface area contributed by atoms with E-state index in [0.717, 1.165) is 37.3 Å². The van der Waals surface area contributed by atoms with E-state index in [0.29, 0.717) is 16.2 Å². The van der Waals surface area contributed by atoms with Gasteiger partial charge in [0.15, 0.2) is 0 Å². The number of carbonyl (C=O) groups is 1. The van der Waals surface area contributed by atoms with Gasteiger partial charge in [0.2, 0.25) is 10.1 Å². The van der Waals surface area contributed by atoms with Gasteiger partial charge >= 0.3 is 0 Å². The molecule has 2 rings (SSSR count). The lowest BCUT2D eigenvalue weighted by atomic mass is 10.0. The standard InChI is InChI=1S/C10H17N5OS/c1-14-5-3-7(4-6-14)15(2)9(16)8-12-13-10(11)17-8/h7H,3-6H2,1-2H3,(H2,11,13). The molecule has 1 aromatic rings. The number of nitrogens with two attached hydrogens (primary N) is 1. The number of aromatic nitrogens is 2. The van der Waals surface area contributed by atoms with E-state index in [1.807, 2.05) is 7.05 Å². The first-order valence-electron chi connectivity index (χ1n) is 5.62. The second-order valence-electron chi connectivity index (χ2n) is 4.40. The van der Waals surface area contributed by atoms with Gasteiger partial charge in [-0.2, -0.15) is 0 Å². The Balaban J connectivity index is 2.00. The summed E-state index contributed by atoms with van der Waals surface area (Å²) in [4.78, 5) is 16.1. The van der Waals surface area contributed by atoms with E-state index >= 15 is 0 Å². The van der Waals surface area contributed by atoms with Gasteiger partial charge in [0.05, 0.1) is 0 Å². The van der Waals surface area contributed by atoms with E-state index in [4.69, 9.17) is 5.73 Å². The number of nitrogens with zero attached hydrogens (tertiary/aromatic N) is 4. The average molecular weight is 255 g/mol. The Hall–Kier alpha value is -1.21. The molecule has 0 bridgehead atoms. The van der Waals surface area contributed by atoms with Crippen LogP contribution in [0.2, 0.25) is 0 Å². The summed E-state index contributed by atoms with van der Waals surface area (Å²) in [7, 11) is 3.93. The zero-order valence-corrected chi connectivity index (χ0v) is 10.9. The summed E-state index contributed by atoms with van der Waals surface area (Å²) in [6, 6.07) is 0.295. The van der Waals surface area contributed by atoms with Crippen LogP contribution in [0.25, 0.3) is 0 Å². The third-order valence-corrected chi connectivity index (χ3v) is 3.92. The largest absolute Gasteiger partial charge is 0.374 e. The average Bonchev–Trinajstić information content (AvgIpc) is 2.75. The lowest BCUT2D eigenvalue weighted by molar-refractivity contribution is 0.0658. The zero-order chi connectivity index (χ0) is 12.4. The van der Waals surface area contributed by atoms with E-state index < -0.39 is 0 Å². The molecule has 7 heteroatoms. The number of likely N-dealkylation sites (tertiary alicyclic amines) is 1. The number of piperidine rings is 1. The summed E-state index contributed by atoms with van der Waals surface area (Å²) in [5.41, 5.74) is 5.48. The van der Waals surface area contributed by atoms with Crippen molar-refractivity contribution in [3.05, 3.63) is 5.01 Å². The second-order valence-corrected chi connectivity index (χ2v) is 5.41. The first kappa shape index (κ1) is 12.3. The molecule has 17 heavy (non-hydrogen) atoms. The number of hydrogen-bond donors (Lipinski definition) is 1. The zero-order valence-electron chi connectivity index (χ0n) is 10.1. The number of amides is 1. The Kier molecular flexibility index (Phi) is 3.58. The summed E-state index contributed by atoms with van der Waals surface area (Å²) >= 11 is 1.14. The number of anilines is 1. The van der Waals surface area contributed by atoms with Crippen LogP contribution in [-0.2, 0) is 0 Å². The summed E-state index contributed by atoms with van der Waals surface area (Å²) in [5.74, 6) is -0.0752. The van der Waals surface area contributed by atoms with Crippen LogP contribution in [-0.4, -0.2) is 59.1 Å². The topological polar surface area (TPSA) is 75.3 Å². The third-order valence-electron chi connectivity index (χ3n) is 3.18. The molecule has 94 valence electrons. The summed E-state index contributed by atoms with van der Waals surface area (Å²) in [6.07, 6.45) is 2.01. The Bertz CT molecular complexity index is 399. The van der Waals surface area contributed by atoms with Crippen LogP contribution in [0, 0.1) is 0 Å². The lowest BCUT2D eigenvalue weighted by Gasteiger charge is -2.34. The fourth-order valence-electron chi connectivity index (χ4n) is 2.02. The molecule has 0 unspecified atom stereocenters. The van der Waals surface area contributed by atoms with Gasteiger partial charge in [0, 0.05) is 13.1 Å². The highest BCUT2D eigenvalue weighted by molar-refractivity contribution is 7.16. The van der Waals surface area contributed by atoms with Crippen molar-refractivity contribution in [1.82, 2.24) is 20.0 Å². The number of hydrogen-bond acceptors (Lipinski definition) is 6. The minimum Gasteiger partial charge on any atom is -0.374 e. The van der Waals surface area contributed by atoms with Gasteiger partial charge in [-0.15, -0.1) is 10.2 Å². The van der Waals surface area contributed by atoms with Gasteiger partial charge in [0.1, 0.15) is 0 Å². The molecule has 0 aliphatic carbocycles. The van der Waals surface area contributed by atoms with Gasteiger partial charge in [-0.25, -0.2) is 0 Å². The minimum atomic E-state index is -0.0752. The third kappa shape index (κ3) is 2.73. The smallest absolute Gasteiger partial charge is 0.284 e. The molecule has 1 saturated heterocycles. The highest BCUT2D eigenvalue weighted by atomic mass is 32.1. The van der Waals surface area contributed by atoms with Crippen molar-refractivity contribution in [2.45, 2.75) is 18.9 Å². The molecule has 0 radical (unpaired) electrons. The monoisotopic (exact) mass is 255 g/mol. The van der Waals surface area contributed by atoms with Gasteiger partial charge in [-0.05, 0) is 33.0 Å². The lowest BCUT2D eigenvalue weighted by Crippen LogP contribution is -2.44. The first-order valence-corrected chi connectivity index (χ1v) is 6.44. The van der Waals surface area contributed by atoms with Crippen molar-refractivity contribution in [2.24, 2.45) is 0 Å². The van der Waals surface area contributed by atoms with Crippen LogP contribution in [0.1, 0.15) is 22.6 Å². The van der Waals surface area contributed by atoms with E-state index in [-0.39, 0.29) is 5.91 Å². The van der Waals surface area contributed by atoms with Crippen LogP contribution in [0.3, 0.4) is 0 Å². The van der Waals surface area contributed by atoms with Crippen LogP contribution in [0.4, 0.5) is 5.13 Å². The van der Waals surface area contributed by atoms with Crippen LogP contribution in [0.5, 0.6) is 0 Å². The number of nitrogen functional groups attached to an aromatic ring is 1. The van der Waals surface area contributed by atoms with Gasteiger partial charge < -0.3 is 15.5 Å². The van der Waals surface area contributed by atoms with Crippen LogP contribution in [0.15, 0.2) is 0 Å². The van der Waals surface area contributed by atoms with Gasteiger partial charge in [-0.3, -0.25) is 4.79 Å². The second kappa shape index (κ2) is 4.97. The predicted molar refractivity (Wildman–Crippen MR) is 66.9 cm³/mol. The maximum absolute atomic E-state index is 12.1. The molecule has 1 amide bonds. The van der Waals surface area contributed by atoms with Crippen molar-refractivity contribution in [3.63, 3.8) is 0 Å². The Labute approximate surface area is 104 Å². The molecule has 1 aromatic heterocycles. The van der Waals surface area contributed by atoms with Crippen LogP contribution >= 0.6 is 11.3 Å². The SMILES string of the molecule is CN1CCC(N(C)C(=O)c2nnc(N)s2)CC1. The van der Waals surface area contributed by atoms with Crippen molar-refractivity contribution < 1.29 is 4.79 Å². The fourth-order valence-corrected chi connectivity index (χ4v) is 2.61. The van der Waals surface area contributed by atoms with Gasteiger partial charge in [-0.1, -0.05) is 11.3 Å². The normalized spacial score (nSPS) is 18.2. The summed E-state index contributed by atoms with van der Waals surface area (Å²) in [6.45, 7) is 2.06. The minimum absolute atomic E-state index is 0.0752. The number of carbonyl (C=O) groups excluding carboxylic acids is 1. The summed E-state index contributed by atoms with van der Waals surface area (Å²) in [5, 5.41) is 8.17. The van der Waals surface area contributed by atoms with E-state index in [9.17, 15) is 4.79 Å². The van der Waals surface area contributed by atoms with Crippen molar-refractivity contribution in [2.75, 3.05) is 32.9 Å². The molecule has 0 atom stereocenters. The van der Waals surface area contributed by atoms with Crippen LogP contribution < -0.4 is 5.73 Å². The van der Waals surface area contributed by atoms with Crippen molar-refractivity contribution >= 4 is 22.4 Å². The van der Waals surface area contributed by atoms with E-state index in [1.165, 1.54) is 0 Å². The van der Waals surface area contributed by atoms with E-state index in [2.05, 4.69) is 22.1 Å². The fraction of sp³-hybridized carbons (Fsp3) is 0.700. The highest BCUT2D eigenvalue weighted by Gasteiger charge is 2.26. The molecular weight excluding hydrogens is 238 g/mol. The van der Waals surface area contributed by atoms with Gasteiger partial charge in [0.25, 0.3) is 5.91 Å². The maximum atomic E-state index is 12.1. The molecule has 1 aliphatic heterocycles. The van der Waals surface area contributed by atoms with E-state index in [1.54, 1.807) is 4.90 Å². The number of rotatable bonds is 2. The Morgan fingerprint density at radius 2 is 2.12 bits per heavy atom. The Morgan fingerprint density at radius 3 is 2.65 bits per heavy atom. The highest BCUT2D eigenvalue weighted by Crippen LogP contribution is 2.19. The summed E-state index contributed by atoms with van der Waals surface area (Å²) < 4.78 is 0. The molecule has 2 heterocycles. The Morgan fingerprint density at radius 1 is 1.47 bits per heavy atom. The molecule has 0 saturated carbocycles. The molecular formula is C10H17N5OS. The first-order chi connectivity index (χ1) is 8.08. The molecule has 6 nitrogen and oxygen atoms in total. The molecule has 2 N–H and O–H groups in total. The molecule has 0 aromatic carbocycles. The predicted octanol–water partition coefficient (Wildman–Crippen LogP) is 0.287. The van der Waals surface area contributed by atoms with Crippen molar-refractivity contribution in [3.8, 4) is 0 Å². The molecule has 0 spiro atoms. The molecule has 1 aliphatic rings. The van der Waals surface area contributed by atoms with Crippen molar-refractivity contribution in [1.29, 1.82) is 0 Å². The quantitative estimate of drug-likeness (QED) is 0.822. The maximum Gasteiger partial charge on any atom is 0.284 e.